The molecule has 0 fully saturated rings. The zero-order chi connectivity index (χ0) is 8.39. The van der Waals surface area contributed by atoms with E-state index in [9.17, 15) is 0 Å². The molecule has 0 atom stereocenters. The molecule has 1 heterocycles. The molecule has 0 radical (unpaired) electrons. The van der Waals surface area contributed by atoms with Crippen molar-refractivity contribution in [2.45, 2.75) is 12.6 Å². The van der Waals surface area contributed by atoms with Crippen LogP contribution in [0.1, 0.15) is 6.42 Å². The van der Waals surface area contributed by atoms with Gasteiger partial charge in [-0.05, 0) is 12.1 Å². The van der Waals surface area contributed by atoms with Gasteiger partial charge in [-0.25, -0.2) is 0 Å². The number of hydrogen-bond acceptors (Lipinski definition) is 3. The molecule has 0 amide bonds. The fourth-order valence-corrected chi connectivity index (χ4v) is 1.34. The summed E-state index contributed by atoms with van der Waals surface area (Å²) in [6.45, 7) is 0. The van der Waals surface area contributed by atoms with Gasteiger partial charge in [-0.1, -0.05) is 12.1 Å². The molecular weight excluding hydrogens is 150 g/mol. The molecule has 0 spiro atoms. The molecule has 0 aromatic heterocycles. The van der Waals surface area contributed by atoms with Gasteiger partial charge in [0, 0.05) is 0 Å². The van der Waals surface area contributed by atoms with Crippen LogP contribution in [-0.4, -0.2) is 6.17 Å². The molecule has 3 heteroatoms. The largest absolute Gasteiger partial charge is 0.363 e. The molecule has 2 rings (SSSR count). The average Bonchev–Trinajstić information content (AvgIpc) is 2.47. The first-order valence-electron chi connectivity index (χ1n) is 3.89. The summed E-state index contributed by atoms with van der Waals surface area (Å²) in [5, 5.41) is 14.9. The van der Waals surface area contributed by atoms with Crippen molar-refractivity contribution in [1.29, 1.82) is 5.26 Å². The second-order valence-electron chi connectivity index (χ2n) is 2.75. The average molecular weight is 159 g/mol. The summed E-state index contributed by atoms with van der Waals surface area (Å²) in [6, 6.07) is 10.1. The van der Waals surface area contributed by atoms with E-state index in [1.165, 1.54) is 0 Å². The predicted molar refractivity (Wildman–Crippen MR) is 47.7 cm³/mol. The number of fused-ring (bicyclic) bond motifs is 1. The van der Waals surface area contributed by atoms with Gasteiger partial charge < -0.3 is 10.6 Å². The van der Waals surface area contributed by atoms with Crippen LogP contribution < -0.4 is 10.6 Å². The molecule has 3 nitrogen and oxygen atoms in total. The van der Waals surface area contributed by atoms with Gasteiger partial charge in [0.1, 0.15) is 6.17 Å². The van der Waals surface area contributed by atoms with Gasteiger partial charge in [0.2, 0.25) is 0 Å². The first-order chi connectivity index (χ1) is 5.90. The number of anilines is 2. The molecule has 0 saturated carbocycles. The summed E-state index contributed by atoms with van der Waals surface area (Å²) in [5.41, 5.74) is 2.16. The molecular formula is C9H9N3. The van der Waals surface area contributed by atoms with Gasteiger partial charge in [0.25, 0.3) is 0 Å². The molecule has 1 aliphatic rings. The first-order valence-corrected chi connectivity index (χ1v) is 3.89. The monoisotopic (exact) mass is 159 g/mol. The Morgan fingerprint density at radius 2 is 1.83 bits per heavy atom. The van der Waals surface area contributed by atoms with E-state index in [2.05, 4.69) is 16.7 Å². The third kappa shape index (κ3) is 1.08. The summed E-state index contributed by atoms with van der Waals surface area (Å²) in [7, 11) is 0. The zero-order valence-electron chi connectivity index (χ0n) is 6.54. The van der Waals surface area contributed by atoms with Crippen molar-refractivity contribution < 1.29 is 0 Å². The predicted octanol–water partition coefficient (Wildman–Crippen LogP) is 1.76. The number of para-hydroxylation sites is 2. The maximum absolute atomic E-state index is 8.48. The van der Waals surface area contributed by atoms with Crippen LogP contribution in [-0.2, 0) is 0 Å². The van der Waals surface area contributed by atoms with Crippen molar-refractivity contribution in [2.24, 2.45) is 0 Å². The Hall–Kier alpha value is -1.69. The van der Waals surface area contributed by atoms with Gasteiger partial charge in [-0.3, -0.25) is 0 Å². The second-order valence-corrected chi connectivity index (χ2v) is 2.75. The van der Waals surface area contributed by atoms with Crippen molar-refractivity contribution >= 4 is 11.4 Å². The topological polar surface area (TPSA) is 47.9 Å². The summed E-state index contributed by atoms with van der Waals surface area (Å²) in [6.07, 6.45) is 0.557. The Morgan fingerprint density at radius 3 is 2.33 bits per heavy atom. The lowest BCUT2D eigenvalue weighted by molar-refractivity contribution is 0.866. The van der Waals surface area contributed by atoms with Crippen molar-refractivity contribution in [2.75, 3.05) is 10.6 Å². The SMILES string of the molecule is N#CCC1Nc2ccccc2N1. The fraction of sp³-hybridized carbons (Fsp3) is 0.222. The van der Waals surface area contributed by atoms with Crippen molar-refractivity contribution in [1.82, 2.24) is 0 Å². The summed E-state index contributed by atoms with van der Waals surface area (Å²) >= 11 is 0. The van der Waals surface area contributed by atoms with E-state index < -0.39 is 0 Å². The molecule has 0 unspecified atom stereocenters. The standard InChI is InChI=1S/C9H9N3/c10-6-5-9-11-7-3-1-2-4-8(7)12-9/h1-4,9,11-12H,5H2. The van der Waals surface area contributed by atoms with Gasteiger partial charge in [0.05, 0.1) is 23.9 Å². The van der Waals surface area contributed by atoms with E-state index in [4.69, 9.17) is 5.26 Å². The third-order valence-corrected chi connectivity index (χ3v) is 1.88. The number of benzene rings is 1. The molecule has 60 valence electrons. The van der Waals surface area contributed by atoms with E-state index >= 15 is 0 Å². The Balaban J connectivity index is 2.18. The lowest BCUT2D eigenvalue weighted by Gasteiger charge is -2.05. The lowest BCUT2D eigenvalue weighted by Crippen LogP contribution is -2.20. The van der Waals surface area contributed by atoms with Crippen LogP contribution in [0.3, 0.4) is 0 Å². The van der Waals surface area contributed by atoms with Crippen molar-refractivity contribution in [3.05, 3.63) is 24.3 Å². The third-order valence-electron chi connectivity index (χ3n) is 1.88. The maximum Gasteiger partial charge on any atom is 0.110 e. The Kier molecular flexibility index (Phi) is 1.60. The fourth-order valence-electron chi connectivity index (χ4n) is 1.34. The first kappa shape index (κ1) is 6.99. The minimum Gasteiger partial charge on any atom is -0.363 e. The molecule has 0 bridgehead atoms. The van der Waals surface area contributed by atoms with Crippen LogP contribution in [0, 0.1) is 11.3 Å². The van der Waals surface area contributed by atoms with Crippen LogP contribution in [0.25, 0.3) is 0 Å². The number of nitrogens with one attached hydrogen (secondary N) is 2. The number of rotatable bonds is 1. The van der Waals surface area contributed by atoms with Gasteiger partial charge >= 0.3 is 0 Å². The van der Waals surface area contributed by atoms with Crippen LogP contribution >= 0.6 is 0 Å². The van der Waals surface area contributed by atoms with E-state index in [1.54, 1.807) is 0 Å². The van der Waals surface area contributed by atoms with Crippen molar-refractivity contribution in [3.8, 4) is 6.07 Å². The van der Waals surface area contributed by atoms with E-state index in [-0.39, 0.29) is 6.17 Å². The zero-order valence-corrected chi connectivity index (χ0v) is 6.54. The van der Waals surface area contributed by atoms with Crippen LogP contribution in [0.5, 0.6) is 0 Å². The van der Waals surface area contributed by atoms with Crippen molar-refractivity contribution in [3.63, 3.8) is 0 Å². The van der Waals surface area contributed by atoms with Crippen LogP contribution in [0.2, 0.25) is 0 Å². The quantitative estimate of drug-likeness (QED) is 0.656. The smallest absolute Gasteiger partial charge is 0.110 e. The summed E-state index contributed by atoms with van der Waals surface area (Å²) < 4.78 is 0. The molecule has 0 aliphatic carbocycles. The van der Waals surface area contributed by atoms with E-state index in [1.807, 2.05) is 24.3 Å². The molecule has 1 aromatic carbocycles. The maximum atomic E-state index is 8.48. The molecule has 1 aromatic rings. The van der Waals surface area contributed by atoms with Gasteiger partial charge in [-0.15, -0.1) is 0 Å². The summed E-state index contributed by atoms with van der Waals surface area (Å²) in [5.74, 6) is 0. The Morgan fingerprint density at radius 1 is 1.25 bits per heavy atom. The minimum atomic E-state index is 0.0763. The molecule has 12 heavy (non-hydrogen) atoms. The van der Waals surface area contributed by atoms with Gasteiger partial charge in [0.15, 0.2) is 0 Å². The Labute approximate surface area is 71.0 Å². The highest BCUT2D eigenvalue weighted by molar-refractivity contribution is 5.74. The van der Waals surface area contributed by atoms with E-state index in [0.717, 1.165) is 11.4 Å². The molecule has 0 saturated heterocycles. The number of hydrogen-bond donors (Lipinski definition) is 2. The lowest BCUT2D eigenvalue weighted by atomic mass is 10.3. The second kappa shape index (κ2) is 2.74. The minimum absolute atomic E-state index is 0.0763. The number of nitrogens with zero attached hydrogens (tertiary/aromatic N) is 1. The highest BCUT2D eigenvalue weighted by Gasteiger charge is 2.17. The molecule has 2 N–H and O–H groups in total. The summed E-state index contributed by atoms with van der Waals surface area (Å²) in [4.78, 5) is 0. The van der Waals surface area contributed by atoms with E-state index in [0.29, 0.717) is 6.42 Å². The highest BCUT2D eigenvalue weighted by atomic mass is 15.2. The van der Waals surface area contributed by atoms with Crippen LogP contribution in [0.15, 0.2) is 24.3 Å². The molecule has 1 aliphatic heterocycles. The number of nitriles is 1. The van der Waals surface area contributed by atoms with Crippen LogP contribution in [0.4, 0.5) is 11.4 Å². The Bertz CT molecular complexity index is 302. The normalized spacial score (nSPS) is 14.2. The highest BCUT2D eigenvalue weighted by Crippen LogP contribution is 2.28. The van der Waals surface area contributed by atoms with Gasteiger partial charge in [-0.2, -0.15) is 5.26 Å².